The van der Waals surface area contributed by atoms with Crippen molar-refractivity contribution >= 4 is 29.0 Å². The average Bonchev–Trinajstić information content (AvgIpc) is 3.10. The maximum absolute atomic E-state index is 13.1. The van der Waals surface area contributed by atoms with E-state index >= 15 is 0 Å². The fourth-order valence-corrected chi connectivity index (χ4v) is 4.11. The molecule has 1 atom stereocenters. The summed E-state index contributed by atoms with van der Waals surface area (Å²) in [5, 5.41) is 4.92. The largest absolute Gasteiger partial charge is 0.351 e. The minimum absolute atomic E-state index is 0.109. The van der Waals surface area contributed by atoms with E-state index in [9.17, 15) is 9.59 Å². The van der Waals surface area contributed by atoms with Gasteiger partial charge < -0.3 is 9.88 Å². The van der Waals surface area contributed by atoms with Gasteiger partial charge in [0, 0.05) is 23.9 Å². The second-order valence-corrected chi connectivity index (χ2v) is 8.49. The highest BCUT2D eigenvalue weighted by atomic mass is 32.1. The fraction of sp³-hybridized carbons (Fsp3) is 0.526. The Labute approximate surface area is 157 Å². The van der Waals surface area contributed by atoms with Crippen LogP contribution in [0.4, 0.5) is 5.82 Å². The number of hydrogen-bond donors (Lipinski definition) is 1. The van der Waals surface area contributed by atoms with Gasteiger partial charge in [0.2, 0.25) is 11.8 Å². The van der Waals surface area contributed by atoms with Gasteiger partial charge in [-0.1, -0.05) is 6.07 Å². The lowest BCUT2D eigenvalue weighted by atomic mass is 9.95. The molecule has 2 amide bonds. The molecule has 2 aromatic rings. The van der Waals surface area contributed by atoms with E-state index in [2.05, 4.69) is 28.7 Å². The van der Waals surface area contributed by atoms with Crippen LogP contribution in [0.1, 0.15) is 43.3 Å². The number of fused-ring (bicyclic) bond motifs is 1. The van der Waals surface area contributed by atoms with Crippen LogP contribution in [0.15, 0.2) is 23.8 Å². The molecule has 1 saturated carbocycles. The Kier molecular flexibility index (Phi) is 4.56. The Hall–Kier alpha value is -2.15. The van der Waals surface area contributed by atoms with E-state index in [1.165, 1.54) is 0 Å². The molecular formula is C19H24N4O2S. The molecule has 0 radical (unpaired) electrons. The Bertz CT molecular complexity index is 808. The van der Waals surface area contributed by atoms with Crippen LogP contribution < -0.4 is 10.2 Å². The summed E-state index contributed by atoms with van der Waals surface area (Å²) < 4.78 is 2.08. The minimum Gasteiger partial charge on any atom is -0.351 e. The molecule has 7 heteroatoms. The van der Waals surface area contributed by atoms with Crippen molar-refractivity contribution in [3.05, 3.63) is 34.4 Å². The molecule has 1 N–H and O–H groups in total. The van der Waals surface area contributed by atoms with Gasteiger partial charge in [-0.25, -0.2) is 4.98 Å². The van der Waals surface area contributed by atoms with Crippen molar-refractivity contribution in [1.82, 2.24) is 14.9 Å². The van der Waals surface area contributed by atoms with Gasteiger partial charge in [0.1, 0.15) is 5.92 Å². The standard InChI is InChI=1S/C19H24N4O2S/c1-12(2)23-11-21-17-16(23)8-15(19(25)22(17)10-13-5-6-13)18(24)20-9-14-4-3-7-26-14/h3-4,7,11-13,15H,5-6,8-10H2,1-2H3,(H,20,24). The molecule has 0 bridgehead atoms. The quantitative estimate of drug-likeness (QED) is 0.793. The number of rotatable bonds is 6. The Balaban J connectivity index is 1.57. The first kappa shape index (κ1) is 17.3. The Morgan fingerprint density at radius 2 is 2.23 bits per heavy atom. The molecule has 138 valence electrons. The maximum atomic E-state index is 13.1. The summed E-state index contributed by atoms with van der Waals surface area (Å²) in [6, 6.07) is 4.19. The number of carbonyl (C=O) groups excluding carboxylic acids is 2. The number of aromatic nitrogens is 2. The predicted molar refractivity (Wildman–Crippen MR) is 101 cm³/mol. The van der Waals surface area contributed by atoms with E-state index in [1.54, 1.807) is 22.6 Å². The van der Waals surface area contributed by atoms with Crippen molar-refractivity contribution in [2.75, 3.05) is 11.4 Å². The van der Waals surface area contributed by atoms with Gasteiger partial charge in [0.05, 0.1) is 18.6 Å². The second kappa shape index (κ2) is 6.87. The van der Waals surface area contributed by atoms with Crippen LogP contribution in [0.5, 0.6) is 0 Å². The molecule has 2 aliphatic rings. The third-order valence-electron chi connectivity index (χ3n) is 5.12. The monoisotopic (exact) mass is 372 g/mol. The number of hydrogen-bond acceptors (Lipinski definition) is 4. The molecule has 0 spiro atoms. The van der Waals surface area contributed by atoms with Crippen LogP contribution in [0.3, 0.4) is 0 Å². The third kappa shape index (κ3) is 3.28. The fourth-order valence-electron chi connectivity index (χ4n) is 3.47. The number of carbonyl (C=O) groups is 2. The van der Waals surface area contributed by atoms with E-state index in [0.717, 1.165) is 29.2 Å². The summed E-state index contributed by atoms with van der Waals surface area (Å²) >= 11 is 1.60. The van der Waals surface area contributed by atoms with Gasteiger partial charge in [-0.3, -0.25) is 14.5 Å². The molecule has 2 aromatic heterocycles. The van der Waals surface area contributed by atoms with Gasteiger partial charge in [-0.15, -0.1) is 11.3 Å². The van der Waals surface area contributed by atoms with Crippen LogP contribution in [-0.2, 0) is 22.6 Å². The van der Waals surface area contributed by atoms with Crippen LogP contribution in [0, 0.1) is 11.8 Å². The molecule has 1 unspecified atom stereocenters. The lowest BCUT2D eigenvalue weighted by Gasteiger charge is -2.32. The number of amides is 2. The second-order valence-electron chi connectivity index (χ2n) is 7.46. The molecule has 0 aromatic carbocycles. The molecule has 26 heavy (non-hydrogen) atoms. The smallest absolute Gasteiger partial charge is 0.241 e. The van der Waals surface area contributed by atoms with E-state index in [0.29, 0.717) is 25.4 Å². The summed E-state index contributed by atoms with van der Waals surface area (Å²) in [4.78, 5) is 33.2. The van der Waals surface area contributed by atoms with Crippen LogP contribution in [-0.4, -0.2) is 27.9 Å². The molecule has 6 nitrogen and oxygen atoms in total. The van der Waals surface area contributed by atoms with E-state index in [4.69, 9.17) is 0 Å². The van der Waals surface area contributed by atoms with E-state index < -0.39 is 5.92 Å². The summed E-state index contributed by atoms with van der Waals surface area (Å²) in [5.74, 6) is 0.325. The van der Waals surface area contributed by atoms with Gasteiger partial charge in [-0.2, -0.15) is 0 Å². The van der Waals surface area contributed by atoms with Gasteiger partial charge >= 0.3 is 0 Å². The van der Waals surface area contributed by atoms with Crippen LogP contribution >= 0.6 is 11.3 Å². The Morgan fingerprint density at radius 1 is 1.42 bits per heavy atom. The first-order valence-corrected chi connectivity index (χ1v) is 10.1. The molecule has 0 saturated heterocycles. The topological polar surface area (TPSA) is 67.2 Å². The zero-order valence-electron chi connectivity index (χ0n) is 15.1. The summed E-state index contributed by atoms with van der Waals surface area (Å²) in [6.07, 6.45) is 4.52. The van der Waals surface area contributed by atoms with Crippen LogP contribution in [0.2, 0.25) is 0 Å². The van der Waals surface area contributed by atoms with Crippen molar-refractivity contribution in [2.24, 2.45) is 11.8 Å². The lowest BCUT2D eigenvalue weighted by Crippen LogP contribution is -2.49. The maximum Gasteiger partial charge on any atom is 0.241 e. The number of nitrogens with zero attached hydrogens (tertiary/aromatic N) is 3. The number of imidazole rings is 1. The number of thiophene rings is 1. The molecule has 3 heterocycles. The summed E-state index contributed by atoms with van der Waals surface area (Å²) in [6.45, 7) is 5.33. The summed E-state index contributed by atoms with van der Waals surface area (Å²) in [7, 11) is 0. The van der Waals surface area contributed by atoms with Crippen molar-refractivity contribution in [3.63, 3.8) is 0 Å². The van der Waals surface area contributed by atoms with Gasteiger partial charge in [0.15, 0.2) is 5.82 Å². The third-order valence-corrected chi connectivity index (χ3v) is 6.00. The first-order chi connectivity index (χ1) is 12.5. The average molecular weight is 372 g/mol. The minimum atomic E-state index is -0.671. The zero-order valence-corrected chi connectivity index (χ0v) is 16.0. The van der Waals surface area contributed by atoms with Gasteiger partial charge in [-0.05, 0) is 44.1 Å². The Morgan fingerprint density at radius 3 is 2.88 bits per heavy atom. The van der Waals surface area contributed by atoms with E-state index in [1.807, 2.05) is 17.5 Å². The van der Waals surface area contributed by atoms with Crippen LogP contribution in [0.25, 0.3) is 0 Å². The van der Waals surface area contributed by atoms with Crippen molar-refractivity contribution in [3.8, 4) is 0 Å². The van der Waals surface area contributed by atoms with Crippen molar-refractivity contribution in [2.45, 2.75) is 45.7 Å². The lowest BCUT2D eigenvalue weighted by molar-refractivity contribution is -0.134. The first-order valence-electron chi connectivity index (χ1n) is 9.21. The van der Waals surface area contributed by atoms with Gasteiger partial charge in [0.25, 0.3) is 0 Å². The number of anilines is 1. The molecule has 1 aliphatic carbocycles. The molecule has 1 aliphatic heterocycles. The highest BCUT2D eigenvalue weighted by molar-refractivity contribution is 7.09. The SMILES string of the molecule is CC(C)n1cnc2c1CC(C(=O)NCc1cccs1)C(=O)N2CC1CC1. The number of nitrogens with one attached hydrogen (secondary N) is 1. The predicted octanol–water partition coefficient (Wildman–Crippen LogP) is 2.76. The highest BCUT2D eigenvalue weighted by Crippen LogP contribution is 2.36. The zero-order chi connectivity index (χ0) is 18.3. The van der Waals surface area contributed by atoms with E-state index in [-0.39, 0.29) is 17.9 Å². The normalized spacial score (nSPS) is 19.7. The molecular weight excluding hydrogens is 348 g/mol. The highest BCUT2D eigenvalue weighted by Gasteiger charge is 2.42. The molecule has 4 rings (SSSR count). The molecule has 1 fully saturated rings. The van der Waals surface area contributed by atoms with Crippen molar-refractivity contribution in [1.29, 1.82) is 0 Å². The summed E-state index contributed by atoms with van der Waals surface area (Å²) in [5.41, 5.74) is 0.997. The van der Waals surface area contributed by atoms with Crippen molar-refractivity contribution < 1.29 is 9.59 Å².